The maximum atomic E-state index is 12.7. The fourth-order valence-corrected chi connectivity index (χ4v) is 4.92. The van der Waals surface area contributed by atoms with Crippen molar-refractivity contribution in [3.63, 3.8) is 0 Å². The molecule has 27 heavy (non-hydrogen) atoms. The van der Waals surface area contributed by atoms with Gasteiger partial charge in [-0.25, -0.2) is 0 Å². The van der Waals surface area contributed by atoms with E-state index >= 15 is 0 Å². The number of hydrogen-bond acceptors (Lipinski definition) is 5. The summed E-state index contributed by atoms with van der Waals surface area (Å²) in [5.41, 5.74) is 2.48. The first kappa shape index (κ1) is 18.5. The molecule has 0 unspecified atom stereocenters. The predicted octanol–water partition coefficient (Wildman–Crippen LogP) is 2.50. The molecule has 144 valence electrons. The number of amides is 1. The normalized spacial score (nSPS) is 17.8. The van der Waals surface area contributed by atoms with E-state index in [-0.39, 0.29) is 5.91 Å². The second-order valence-electron chi connectivity index (χ2n) is 7.52. The fourth-order valence-electron chi connectivity index (χ4n) is 3.90. The molecular formula is C20H27N5OS. The largest absolute Gasteiger partial charge is 0.342 e. The highest BCUT2D eigenvalue weighted by Crippen LogP contribution is 2.29. The van der Waals surface area contributed by atoms with E-state index in [0.29, 0.717) is 11.7 Å². The molecule has 1 amide bonds. The van der Waals surface area contributed by atoms with Crippen molar-refractivity contribution in [2.24, 2.45) is 0 Å². The van der Waals surface area contributed by atoms with Gasteiger partial charge in [-0.1, -0.05) is 17.7 Å². The third-order valence-electron chi connectivity index (χ3n) is 5.56. The number of hydrogen-bond donors (Lipinski definition) is 1. The monoisotopic (exact) mass is 385 g/mol. The lowest BCUT2D eigenvalue weighted by Crippen LogP contribution is -2.39. The number of benzene rings is 1. The second kappa shape index (κ2) is 8.02. The molecular weight excluding hydrogens is 358 g/mol. The van der Waals surface area contributed by atoms with E-state index in [9.17, 15) is 4.79 Å². The molecule has 4 rings (SSSR count). The molecule has 2 aliphatic heterocycles. The van der Waals surface area contributed by atoms with Gasteiger partial charge in [-0.3, -0.25) is 4.79 Å². The molecule has 1 saturated heterocycles. The van der Waals surface area contributed by atoms with Crippen LogP contribution in [0.25, 0.3) is 0 Å². The summed E-state index contributed by atoms with van der Waals surface area (Å²) < 4.78 is 2.27. The smallest absolute Gasteiger partial charge is 0.232 e. The summed E-state index contributed by atoms with van der Waals surface area (Å²) in [5, 5.41) is 12.1. The number of fused-ring (bicyclic) bond motifs is 1. The van der Waals surface area contributed by atoms with Crippen LogP contribution in [-0.4, -0.2) is 51.0 Å². The molecule has 1 fully saturated rings. The Morgan fingerprint density at radius 2 is 2.04 bits per heavy atom. The number of carbonyl (C=O) groups excluding carboxylic acids is 1. The first-order valence-corrected chi connectivity index (χ1v) is 10.7. The van der Waals surface area contributed by atoms with E-state index in [0.717, 1.165) is 57.2 Å². The quantitative estimate of drug-likeness (QED) is 0.820. The number of thioether (sulfide) groups is 1. The van der Waals surface area contributed by atoms with Crippen molar-refractivity contribution < 1.29 is 4.79 Å². The molecule has 6 nitrogen and oxygen atoms in total. The highest BCUT2D eigenvalue weighted by Gasteiger charge is 2.28. The highest BCUT2D eigenvalue weighted by atomic mass is 32.2. The topological polar surface area (TPSA) is 63.1 Å². The Morgan fingerprint density at radius 3 is 2.85 bits per heavy atom. The van der Waals surface area contributed by atoms with Crippen LogP contribution < -0.4 is 5.32 Å². The van der Waals surface area contributed by atoms with Gasteiger partial charge in [0.2, 0.25) is 5.91 Å². The Hall–Kier alpha value is -1.86. The number of aromatic nitrogens is 3. The number of carbonyl (C=O) groups is 1. The van der Waals surface area contributed by atoms with Crippen LogP contribution in [0.1, 0.15) is 41.5 Å². The van der Waals surface area contributed by atoms with E-state index in [1.165, 1.54) is 16.0 Å². The van der Waals surface area contributed by atoms with Crippen LogP contribution in [0.3, 0.4) is 0 Å². The Bertz CT molecular complexity index is 826. The molecule has 2 aromatic rings. The zero-order chi connectivity index (χ0) is 18.8. The van der Waals surface area contributed by atoms with Crippen LogP contribution in [0.4, 0.5) is 0 Å². The third kappa shape index (κ3) is 4.04. The van der Waals surface area contributed by atoms with Gasteiger partial charge >= 0.3 is 0 Å². The van der Waals surface area contributed by atoms with Gasteiger partial charge in [0.15, 0.2) is 0 Å². The van der Waals surface area contributed by atoms with E-state index in [2.05, 4.69) is 52.1 Å². The first-order valence-electron chi connectivity index (χ1n) is 9.72. The maximum absolute atomic E-state index is 12.7. The molecule has 1 N–H and O–H groups in total. The lowest BCUT2D eigenvalue weighted by atomic mass is 9.95. The van der Waals surface area contributed by atoms with Crippen molar-refractivity contribution >= 4 is 17.7 Å². The number of likely N-dealkylation sites (tertiary alicyclic amines) is 1. The minimum atomic E-state index is 0.242. The van der Waals surface area contributed by atoms with Crippen molar-refractivity contribution in [2.75, 3.05) is 25.4 Å². The van der Waals surface area contributed by atoms with Gasteiger partial charge in [-0.15, -0.1) is 22.0 Å². The van der Waals surface area contributed by atoms with Gasteiger partial charge in [0.05, 0.1) is 12.3 Å². The highest BCUT2D eigenvalue weighted by molar-refractivity contribution is 8.00. The van der Waals surface area contributed by atoms with Crippen molar-refractivity contribution in [3.05, 3.63) is 41.0 Å². The minimum Gasteiger partial charge on any atom is -0.342 e. The number of nitrogens with zero attached hydrogens (tertiary/aromatic N) is 4. The molecule has 0 radical (unpaired) electrons. The predicted molar refractivity (Wildman–Crippen MR) is 107 cm³/mol. The van der Waals surface area contributed by atoms with Crippen LogP contribution >= 0.6 is 11.8 Å². The molecule has 0 atom stereocenters. The van der Waals surface area contributed by atoms with Crippen LogP contribution in [0.2, 0.25) is 0 Å². The van der Waals surface area contributed by atoms with Crippen molar-refractivity contribution in [2.45, 2.75) is 50.6 Å². The zero-order valence-electron chi connectivity index (χ0n) is 16.1. The summed E-state index contributed by atoms with van der Waals surface area (Å²) in [6.45, 7) is 8.56. The van der Waals surface area contributed by atoms with Gasteiger partial charge < -0.3 is 14.8 Å². The van der Waals surface area contributed by atoms with E-state index < -0.39 is 0 Å². The fraction of sp³-hybridized carbons (Fsp3) is 0.550. The molecule has 0 bridgehead atoms. The summed E-state index contributed by atoms with van der Waals surface area (Å²) >= 11 is 1.66. The molecule has 1 aromatic heterocycles. The van der Waals surface area contributed by atoms with Crippen molar-refractivity contribution in [1.29, 1.82) is 0 Å². The number of piperidine rings is 1. The molecule has 1 aromatic carbocycles. The standard InChI is InChI=1S/C20H27N5OS/c1-14-3-4-15(2)17(11-14)27-13-19(26)24-8-5-16(6-9-24)20-23-22-18-12-21-7-10-25(18)20/h3-4,11,16,21H,5-10,12-13H2,1-2H3. The Morgan fingerprint density at radius 1 is 1.22 bits per heavy atom. The molecule has 2 aliphatic rings. The summed E-state index contributed by atoms with van der Waals surface area (Å²) in [5.74, 6) is 3.33. The summed E-state index contributed by atoms with van der Waals surface area (Å²) in [6.07, 6.45) is 1.96. The molecule has 0 saturated carbocycles. The molecule has 0 spiro atoms. The summed E-state index contributed by atoms with van der Waals surface area (Å²) in [7, 11) is 0. The lowest BCUT2D eigenvalue weighted by Gasteiger charge is -2.32. The van der Waals surface area contributed by atoms with Gasteiger partial charge in [0.25, 0.3) is 0 Å². The Kier molecular flexibility index (Phi) is 5.50. The lowest BCUT2D eigenvalue weighted by molar-refractivity contribution is -0.129. The van der Waals surface area contributed by atoms with Gasteiger partial charge in [0.1, 0.15) is 11.6 Å². The van der Waals surface area contributed by atoms with Gasteiger partial charge in [-0.2, -0.15) is 0 Å². The van der Waals surface area contributed by atoms with Crippen molar-refractivity contribution in [3.8, 4) is 0 Å². The van der Waals surface area contributed by atoms with E-state index in [1.54, 1.807) is 11.8 Å². The summed E-state index contributed by atoms with van der Waals surface area (Å²) in [6, 6.07) is 6.41. The number of nitrogens with one attached hydrogen (secondary N) is 1. The summed E-state index contributed by atoms with van der Waals surface area (Å²) in [4.78, 5) is 15.9. The second-order valence-corrected chi connectivity index (χ2v) is 8.53. The molecule has 3 heterocycles. The van der Waals surface area contributed by atoms with Crippen LogP contribution in [0.5, 0.6) is 0 Å². The number of aryl methyl sites for hydroxylation is 2. The van der Waals surface area contributed by atoms with Crippen molar-refractivity contribution in [1.82, 2.24) is 25.0 Å². The van der Waals surface area contributed by atoms with Gasteiger partial charge in [0, 0.05) is 37.0 Å². The van der Waals surface area contributed by atoms with Gasteiger partial charge in [-0.05, 0) is 38.3 Å². The number of rotatable bonds is 4. The van der Waals surface area contributed by atoms with E-state index in [1.807, 2.05) is 4.90 Å². The Balaban J connectivity index is 1.32. The average Bonchev–Trinajstić information content (AvgIpc) is 3.13. The molecule has 0 aliphatic carbocycles. The average molecular weight is 386 g/mol. The van der Waals surface area contributed by atoms with Crippen LogP contribution in [0.15, 0.2) is 23.1 Å². The SMILES string of the molecule is Cc1ccc(C)c(SCC(=O)N2CCC(c3nnc4n3CCNC4)CC2)c1. The van der Waals surface area contributed by atoms with E-state index in [4.69, 9.17) is 0 Å². The Labute approximate surface area is 164 Å². The molecule has 7 heteroatoms. The maximum Gasteiger partial charge on any atom is 0.232 e. The van der Waals surface area contributed by atoms with Crippen LogP contribution in [0, 0.1) is 13.8 Å². The first-order chi connectivity index (χ1) is 13.1. The third-order valence-corrected chi connectivity index (χ3v) is 6.70. The van der Waals surface area contributed by atoms with Crippen LogP contribution in [-0.2, 0) is 17.9 Å². The minimum absolute atomic E-state index is 0.242. The zero-order valence-corrected chi connectivity index (χ0v) is 16.9.